The topological polar surface area (TPSA) is 74.6 Å². The Balaban J connectivity index is 1.91. The van der Waals surface area contributed by atoms with Crippen molar-refractivity contribution in [3.8, 4) is 28.4 Å². The number of sulfone groups is 1. The molecule has 1 fully saturated rings. The highest BCUT2D eigenvalue weighted by Gasteiger charge is 2.37. The van der Waals surface area contributed by atoms with Crippen LogP contribution >= 0.6 is 0 Å². The van der Waals surface area contributed by atoms with Crippen molar-refractivity contribution in [3.63, 3.8) is 0 Å². The van der Waals surface area contributed by atoms with Crippen LogP contribution in [0.1, 0.15) is 19.8 Å². The van der Waals surface area contributed by atoms with Gasteiger partial charge in [0, 0.05) is 36.5 Å². The Hall–Kier alpha value is -3.20. The summed E-state index contributed by atoms with van der Waals surface area (Å²) in [5.41, 5.74) is 0.389. The summed E-state index contributed by atoms with van der Waals surface area (Å²) >= 11 is 0. The molecule has 0 spiro atoms. The summed E-state index contributed by atoms with van der Waals surface area (Å²) in [5, 5.41) is -0.428. The molecule has 2 aromatic carbocycles. The Morgan fingerprint density at radius 2 is 1.72 bits per heavy atom. The van der Waals surface area contributed by atoms with Gasteiger partial charge >= 0.3 is 0 Å². The Morgan fingerprint density at radius 1 is 1.00 bits per heavy atom. The van der Waals surface area contributed by atoms with Crippen LogP contribution in [0, 0.1) is 11.6 Å². The van der Waals surface area contributed by atoms with E-state index < -0.39 is 26.7 Å². The number of benzene rings is 2. The SMILES string of the molecule is CCOc1cc(=O)n(C)cc1-c1cc(S(=O)(=O)C2CC2)ccc1Oc1ccc(F)cc1F. The molecule has 0 atom stereocenters. The highest BCUT2D eigenvalue weighted by molar-refractivity contribution is 7.92. The van der Waals surface area contributed by atoms with E-state index in [9.17, 15) is 22.0 Å². The molecule has 4 rings (SSSR count). The normalized spacial score (nSPS) is 13.8. The van der Waals surface area contributed by atoms with Gasteiger partial charge < -0.3 is 14.0 Å². The van der Waals surface area contributed by atoms with Gasteiger partial charge in [-0.25, -0.2) is 17.2 Å². The molecule has 0 bridgehead atoms. The fraction of sp³-hybridized carbons (Fsp3) is 0.261. The van der Waals surface area contributed by atoms with E-state index in [1.54, 1.807) is 14.0 Å². The first kappa shape index (κ1) is 22.0. The van der Waals surface area contributed by atoms with Crippen LogP contribution in [0.5, 0.6) is 17.2 Å². The van der Waals surface area contributed by atoms with Gasteiger partial charge in [-0.3, -0.25) is 4.79 Å². The molecule has 0 aliphatic heterocycles. The third kappa shape index (κ3) is 4.25. The van der Waals surface area contributed by atoms with E-state index >= 15 is 0 Å². The van der Waals surface area contributed by atoms with Crippen LogP contribution in [0.3, 0.4) is 0 Å². The van der Waals surface area contributed by atoms with E-state index in [1.807, 2.05) is 0 Å². The monoisotopic (exact) mass is 461 g/mol. The van der Waals surface area contributed by atoms with Crippen molar-refractivity contribution in [1.82, 2.24) is 4.57 Å². The second-order valence-electron chi connectivity index (χ2n) is 7.51. The number of rotatable bonds is 7. The second kappa shape index (κ2) is 8.38. The lowest BCUT2D eigenvalue weighted by Gasteiger charge is -2.17. The Labute approximate surface area is 184 Å². The molecule has 0 radical (unpaired) electrons. The number of halogens is 2. The molecule has 1 aliphatic rings. The zero-order valence-electron chi connectivity index (χ0n) is 17.5. The lowest BCUT2D eigenvalue weighted by molar-refractivity contribution is 0.340. The van der Waals surface area contributed by atoms with Gasteiger partial charge in [-0.05, 0) is 50.1 Å². The van der Waals surface area contributed by atoms with Crippen molar-refractivity contribution in [3.05, 3.63) is 70.6 Å². The summed E-state index contributed by atoms with van der Waals surface area (Å²) in [6, 6.07) is 8.45. The third-order valence-corrected chi connectivity index (χ3v) is 7.40. The molecule has 3 aromatic rings. The minimum Gasteiger partial charge on any atom is -0.493 e. The predicted molar refractivity (Wildman–Crippen MR) is 115 cm³/mol. The molecule has 1 aliphatic carbocycles. The van der Waals surface area contributed by atoms with Crippen LogP contribution in [0.2, 0.25) is 0 Å². The lowest BCUT2D eigenvalue weighted by atomic mass is 10.1. The highest BCUT2D eigenvalue weighted by atomic mass is 32.2. The molecule has 0 amide bonds. The van der Waals surface area contributed by atoms with Crippen molar-refractivity contribution in [2.45, 2.75) is 29.9 Å². The van der Waals surface area contributed by atoms with Gasteiger partial charge in [0.2, 0.25) is 0 Å². The molecule has 168 valence electrons. The fourth-order valence-electron chi connectivity index (χ4n) is 3.32. The average Bonchev–Trinajstić information content (AvgIpc) is 3.59. The fourth-order valence-corrected chi connectivity index (χ4v) is 5.00. The van der Waals surface area contributed by atoms with Gasteiger partial charge in [0.05, 0.1) is 16.8 Å². The summed E-state index contributed by atoms with van der Waals surface area (Å²) in [6.45, 7) is 2.02. The third-order valence-electron chi connectivity index (χ3n) is 5.14. The molecule has 0 N–H and O–H groups in total. The maximum absolute atomic E-state index is 14.2. The van der Waals surface area contributed by atoms with Crippen LogP contribution in [0.15, 0.2) is 58.4 Å². The van der Waals surface area contributed by atoms with Gasteiger partial charge in [0.15, 0.2) is 21.4 Å². The standard InChI is InChI=1S/C23H21F2NO5S/c1-3-30-22-12-23(27)26(2)13-18(22)17-11-16(32(28,29)15-5-6-15)7-9-20(17)31-21-8-4-14(24)10-19(21)25/h4,7-13,15H,3,5-6H2,1-2H3. The zero-order valence-corrected chi connectivity index (χ0v) is 18.3. The van der Waals surface area contributed by atoms with Gasteiger partial charge in [-0.1, -0.05) is 0 Å². The van der Waals surface area contributed by atoms with Crippen molar-refractivity contribution in [2.24, 2.45) is 7.05 Å². The van der Waals surface area contributed by atoms with E-state index in [-0.39, 0.29) is 34.3 Å². The molecular weight excluding hydrogens is 440 g/mol. The van der Waals surface area contributed by atoms with Crippen LogP contribution in [0.4, 0.5) is 8.78 Å². The van der Waals surface area contributed by atoms with E-state index in [0.717, 1.165) is 12.1 Å². The molecule has 32 heavy (non-hydrogen) atoms. The number of ether oxygens (including phenoxy) is 2. The number of hydrogen-bond donors (Lipinski definition) is 0. The van der Waals surface area contributed by atoms with Crippen molar-refractivity contribution < 1.29 is 26.7 Å². The summed E-state index contributed by atoms with van der Waals surface area (Å²) < 4.78 is 65.9. The first-order valence-corrected chi connectivity index (χ1v) is 11.6. The van der Waals surface area contributed by atoms with Crippen LogP contribution in [0.25, 0.3) is 11.1 Å². The summed E-state index contributed by atoms with van der Waals surface area (Å²) in [6.07, 6.45) is 2.70. The Bertz CT molecular complexity index is 1350. The summed E-state index contributed by atoms with van der Waals surface area (Å²) in [5.74, 6) is -1.52. The highest BCUT2D eigenvalue weighted by Crippen LogP contribution is 2.42. The summed E-state index contributed by atoms with van der Waals surface area (Å²) in [4.78, 5) is 12.2. The molecule has 6 nitrogen and oxygen atoms in total. The van der Waals surface area contributed by atoms with E-state index in [4.69, 9.17) is 9.47 Å². The maximum Gasteiger partial charge on any atom is 0.254 e. The van der Waals surface area contributed by atoms with E-state index in [0.29, 0.717) is 30.0 Å². The van der Waals surface area contributed by atoms with Gasteiger partial charge in [-0.2, -0.15) is 0 Å². The van der Waals surface area contributed by atoms with Crippen molar-refractivity contribution in [2.75, 3.05) is 6.61 Å². The van der Waals surface area contributed by atoms with Crippen molar-refractivity contribution in [1.29, 1.82) is 0 Å². The van der Waals surface area contributed by atoms with Crippen molar-refractivity contribution >= 4 is 9.84 Å². The number of aromatic nitrogens is 1. The van der Waals surface area contributed by atoms with E-state index in [2.05, 4.69) is 0 Å². The van der Waals surface area contributed by atoms with Gasteiger partial charge in [-0.15, -0.1) is 0 Å². The quantitative estimate of drug-likeness (QED) is 0.520. The zero-order chi connectivity index (χ0) is 23.0. The lowest BCUT2D eigenvalue weighted by Crippen LogP contribution is -2.16. The van der Waals surface area contributed by atoms with Crippen LogP contribution < -0.4 is 15.0 Å². The maximum atomic E-state index is 14.2. The van der Waals surface area contributed by atoms with Crippen LogP contribution in [-0.4, -0.2) is 24.8 Å². The molecule has 9 heteroatoms. The molecular formula is C23H21F2NO5S. The summed E-state index contributed by atoms with van der Waals surface area (Å²) in [7, 11) is -1.98. The van der Waals surface area contributed by atoms with Gasteiger partial charge in [0.25, 0.3) is 5.56 Å². The molecule has 0 saturated heterocycles. The largest absolute Gasteiger partial charge is 0.493 e. The first-order valence-electron chi connectivity index (χ1n) is 10.1. The molecule has 1 aromatic heterocycles. The van der Waals surface area contributed by atoms with Crippen LogP contribution in [-0.2, 0) is 16.9 Å². The number of hydrogen-bond acceptors (Lipinski definition) is 5. The molecule has 0 unspecified atom stereocenters. The predicted octanol–water partition coefficient (Wildman–Crippen LogP) is 4.46. The van der Waals surface area contributed by atoms with Gasteiger partial charge in [0.1, 0.15) is 17.3 Å². The average molecular weight is 461 g/mol. The Morgan fingerprint density at radius 3 is 2.38 bits per heavy atom. The second-order valence-corrected chi connectivity index (χ2v) is 9.74. The number of nitrogens with zero attached hydrogens (tertiary/aromatic N) is 1. The minimum atomic E-state index is -3.53. The molecule has 1 heterocycles. The number of pyridine rings is 1. The smallest absolute Gasteiger partial charge is 0.254 e. The minimum absolute atomic E-state index is 0.0956. The first-order chi connectivity index (χ1) is 15.2. The van der Waals surface area contributed by atoms with E-state index in [1.165, 1.54) is 35.0 Å². The Kier molecular flexibility index (Phi) is 5.77. The molecule has 1 saturated carbocycles. The number of aryl methyl sites for hydroxylation is 1.